The number of ether oxygens (including phenoxy) is 3. The fraction of sp³-hybridized carbons (Fsp3) is 0.515. The number of fused-ring (bicyclic) bond motifs is 2. The van der Waals surface area contributed by atoms with E-state index >= 15 is 0 Å². The van der Waals surface area contributed by atoms with Gasteiger partial charge in [0.05, 0.1) is 50.1 Å². The average Bonchev–Trinajstić information content (AvgIpc) is 3.83. The van der Waals surface area contributed by atoms with E-state index in [2.05, 4.69) is 47.8 Å². The highest BCUT2D eigenvalue weighted by Crippen LogP contribution is 2.39. The molecule has 15 nitrogen and oxygen atoms in total. The minimum atomic E-state index is -0.279. The van der Waals surface area contributed by atoms with Crippen molar-refractivity contribution in [3.63, 3.8) is 0 Å². The first kappa shape index (κ1) is 31.5. The maximum absolute atomic E-state index is 9.65. The SMILES string of the molecule is C[C@@H](Cn1cnnn1)Oc1cc(-c2cnc(Nc3cn(C4CCC(N5[C@@H]6CC[C@H]5COC6)CC4)nc3OCCC#N)nc2)ccc1C#N. The van der Waals surface area contributed by atoms with E-state index in [4.69, 9.17) is 24.6 Å². The second-order valence-electron chi connectivity index (χ2n) is 12.6. The third kappa shape index (κ3) is 6.93. The van der Waals surface area contributed by atoms with Gasteiger partial charge in [-0.3, -0.25) is 9.58 Å². The van der Waals surface area contributed by atoms with Crippen LogP contribution in [0.4, 0.5) is 11.6 Å². The summed E-state index contributed by atoms with van der Waals surface area (Å²) in [5.41, 5.74) is 2.64. The maximum atomic E-state index is 9.65. The molecule has 2 aliphatic heterocycles. The van der Waals surface area contributed by atoms with E-state index < -0.39 is 0 Å². The van der Waals surface area contributed by atoms with Crippen molar-refractivity contribution in [1.29, 1.82) is 10.5 Å². The number of anilines is 2. The molecule has 3 aromatic heterocycles. The molecule has 1 aromatic carbocycles. The molecule has 48 heavy (non-hydrogen) atoms. The van der Waals surface area contributed by atoms with E-state index in [0.717, 1.165) is 50.0 Å². The van der Waals surface area contributed by atoms with E-state index in [-0.39, 0.29) is 25.2 Å². The van der Waals surface area contributed by atoms with Crippen LogP contribution in [0.15, 0.2) is 43.1 Å². The largest absolute Gasteiger partial charge is 0.487 e. The number of benzene rings is 1. The molecule has 0 spiro atoms. The van der Waals surface area contributed by atoms with Crippen LogP contribution in [0.1, 0.15) is 63.5 Å². The summed E-state index contributed by atoms with van der Waals surface area (Å²) in [4.78, 5) is 11.9. The zero-order valence-electron chi connectivity index (χ0n) is 26.9. The molecule has 1 aliphatic carbocycles. The smallest absolute Gasteiger partial charge is 0.256 e. The number of aromatic nitrogens is 8. The molecule has 2 saturated heterocycles. The molecular formula is C33H38N12O3. The van der Waals surface area contributed by atoms with Gasteiger partial charge in [0.15, 0.2) is 0 Å². The first-order valence-electron chi connectivity index (χ1n) is 16.5. The van der Waals surface area contributed by atoms with Gasteiger partial charge in [0, 0.05) is 36.1 Å². The third-order valence-corrected chi connectivity index (χ3v) is 9.41. The molecule has 5 heterocycles. The Balaban J connectivity index is 1.03. The topological polar surface area (TPSA) is 178 Å². The van der Waals surface area contributed by atoms with Crippen molar-refractivity contribution in [1.82, 2.24) is 44.9 Å². The Bertz CT molecular complexity index is 1740. The number of tetrazole rings is 1. The number of rotatable bonds is 12. The van der Waals surface area contributed by atoms with E-state index in [1.807, 2.05) is 29.9 Å². The number of hydrogen-bond donors (Lipinski definition) is 1. The molecule has 3 fully saturated rings. The maximum Gasteiger partial charge on any atom is 0.256 e. The molecule has 1 saturated carbocycles. The number of nitrogens with zero attached hydrogens (tertiary/aromatic N) is 11. The number of hydrogen-bond acceptors (Lipinski definition) is 13. The van der Waals surface area contributed by atoms with Gasteiger partial charge < -0.3 is 19.5 Å². The molecule has 15 heteroatoms. The summed E-state index contributed by atoms with van der Waals surface area (Å²) in [5, 5.41) is 38.0. The highest BCUT2D eigenvalue weighted by atomic mass is 16.5. The third-order valence-electron chi connectivity index (χ3n) is 9.41. The van der Waals surface area contributed by atoms with Crippen LogP contribution >= 0.6 is 0 Å². The van der Waals surface area contributed by atoms with Gasteiger partial charge in [0.1, 0.15) is 36.5 Å². The van der Waals surface area contributed by atoms with Crippen molar-refractivity contribution in [3.05, 3.63) is 48.7 Å². The lowest BCUT2D eigenvalue weighted by molar-refractivity contribution is -0.0458. The first-order valence-corrected chi connectivity index (χ1v) is 16.5. The molecule has 3 aliphatic rings. The van der Waals surface area contributed by atoms with Crippen LogP contribution in [-0.4, -0.2) is 88.9 Å². The van der Waals surface area contributed by atoms with E-state index in [1.54, 1.807) is 23.1 Å². The van der Waals surface area contributed by atoms with Crippen LogP contribution < -0.4 is 14.8 Å². The fourth-order valence-electron chi connectivity index (χ4n) is 7.16. The molecule has 4 aromatic rings. The van der Waals surface area contributed by atoms with Crippen molar-refractivity contribution in [2.45, 2.75) is 88.7 Å². The van der Waals surface area contributed by atoms with Gasteiger partial charge >= 0.3 is 0 Å². The summed E-state index contributed by atoms with van der Waals surface area (Å²) in [6.07, 6.45) is 13.7. The summed E-state index contributed by atoms with van der Waals surface area (Å²) >= 11 is 0. The highest BCUT2D eigenvalue weighted by Gasteiger charge is 2.42. The Morgan fingerprint density at radius 3 is 2.46 bits per heavy atom. The van der Waals surface area contributed by atoms with Crippen molar-refractivity contribution >= 4 is 11.6 Å². The molecule has 0 unspecified atom stereocenters. The Morgan fingerprint density at radius 2 is 1.75 bits per heavy atom. The quantitative estimate of drug-likeness (QED) is 0.217. The number of nitrogens with one attached hydrogen (secondary N) is 1. The van der Waals surface area contributed by atoms with Crippen molar-refractivity contribution < 1.29 is 14.2 Å². The minimum Gasteiger partial charge on any atom is -0.487 e. The van der Waals surface area contributed by atoms with Gasteiger partial charge in [-0.2, -0.15) is 10.5 Å². The summed E-state index contributed by atoms with van der Waals surface area (Å²) in [7, 11) is 0. The van der Waals surface area contributed by atoms with Crippen molar-refractivity contribution in [2.24, 2.45) is 0 Å². The summed E-state index contributed by atoms with van der Waals surface area (Å²) in [5.74, 6) is 1.27. The first-order chi connectivity index (χ1) is 23.6. The predicted molar refractivity (Wildman–Crippen MR) is 172 cm³/mol. The van der Waals surface area contributed by atoms with Gasteiger partial charge in [-0.15, -0.1) is 10.2 Å². The summed E-state index contributed by atoms with van der Waals surface area (Å²) < 4.78 is 21.4. The van der Waals surface area contributed by atoms with Gasteiger partial charge in [-0.05, 0) is 73.6 Å². The predicted octanol–water partition coefficient (Wildman–Crippen LogP) is 4.05. The number of morpholine rings is 1. The summed E-state index contributed by atoms with van der Waals surface area (Å²) in [6, 6.07) is 11.7. The molecular weight excluding hydrogens is 612 g/mol. The summed E-state index contributed by atoms with van der Waals surface area (Å²) in [6.45, 7) is 4.29. The van der Waals surface area contributed by atoms with E-state index in [9.17, 15) is 5.26 Å². The lowest BCUT2D eigenvalue weighted by Crippen LogP contribution is -2.52. The van der Waals surface area contributed by atoms with Gasteiger partial charge in [0.2, 0.25) is 5.95 Å². The van der Waals surface area contributed by atoms with E-state index in [1.165, 1.54) is 19.2 Å². The zero-order chi connectivity index (χ0) is 32.9. The Hall–Kier alpha value is -5.12. The minimum absolute atomic E-state index is 0.242. The fourth-order valence-corrected chi connectivity index (χ4v) is 7.16. The zero-order valence-corrected chi connectivity index (χ0v) is 26.9. The van der Waals surface area contributed by atoms with E-state index in [0.29, 0.717) is 53.5 Å². The van der Waals surface area contributed by atoms with Gasteiger partial charge in [0.25, 0.3) is 5.88 Å². The molecule has 3 atom stereocenters. The average molecular weight is 651 g/mol. The Morgan fingerprint density at radius 1 is 1.00 bits per heavy atom. The highest BCUT2D eigenvalue weighted by molar-refractivity contribution is 5.67. The Labute approximate surface area is 278 Å². The lowest BCUT2D eigenvalue weighted by Gasteiger charge is -2.43. The Kier molecular flexibility index (Phi) is 9.40. The normalized spacial score (nSPS) is 22.8. The molecule has 0 radical (unpaired) electrons. The van der Waals surface area contributed by atoms with Crippen LogP contribution in [0.2, 0.25) is 0 Å². The van der Waals surface area contributed by atoms with Gasteiger partial charge in [-0.25, -0.2) is 14.6 Å². The van der Waals surface area contributed by atoms with Crippen LogP contribution in [0.3, 0.4) is 0 Å². The van der Waals surface area contributed by atoms with Crippen LogP contribution in [0.25, 0.3) is 11.1 Å². The molecule has 248 valence electrons. The molecule has 7 rings (SSSR count). The monoisotopic (exact) mass is 650 g/mol. The molecule has 1 N–H and O–H groups in total. The second kappa shape index (κ2) is 14.3. The van der Waals surface area contributed by atoms with Crippen molar-refractivity contribution in [3.8, 4) is 34.9 Å². The van der Waals surface area contributed by atoms with Crippen LogP contribution in [-0.2, 0) is 11.3 Å². The second-order valence-corrected chi connectivity index (χ2v) is 12.6. The standard InChI is InChI=1S/C33H38N12O3/c1-22(17-43-21-38-41-42-43)48-31-13-23(3-4-24(31)14-35)25-15-36-33(37-16-25)39-30-18-44(40-32(30)47-12-2-11-34)26-5-7-27(8-6-26)45-28-9-10-29(45)20-46-19-28/h3-4,13,15-16,18,21-22,26-29H,2,5-10,12,17,19-20H2,1H3,(H,36,37,39)/t22-,26?,27?,28-,29+/m0/s1. The van der Waals surface area contributed by atoms with Crippen LogP contribution in [0.5, 0.6) is 11.6 Å². The lowest BCUT2D eigenvalue weighted by atomic mass is 9.89. The molecule has 2 bridgehead atoms. The molecule has 0 amide bonds. The van der Waals surface area contributed by atoms with Gasteiger partial charge in [-0.1, -0.05) is 6.07 Å². The van der Waals surface area contributed by atoms with Crippen LogP contribution in [0, 0.1) is 22.7 Å². The number of nitriles is 2. The van der Waals surface area contributed by atoms with Crippen molar-refractivity contribution in [2.75, 3.05) is 25.1 Å².